The van der Waals surface area contributed by atoms with Crippen molar-refractivity contribution in [3.05, 3.63) is 98.3 Å². The Kier molecular flexibility index (Phi) is 7.47. The molecule has 0 saturated carbocycles. The average molecular weight is 576 g/mol. The van der Waals surface area contributed by atoms with Gasteiger partial charge in [0.25, 0.3) is 17.7 Å². The standard InChI is InChI=1S/C26H21BrF3N3O4/c1-14-7-8-16(15(2)9-14)10-17(13-37-33-24(35)18-5-3-4-6-19(18)25(33)36)32-23(34)20-11-22(26(28,29)30)31-12-21(20)27/h3-9,11-12,17H,10,13H2,1-2H3,(H,32,34). The Balaban J connectivity index is 1.57. The van der Waals surface area contributed by atoms with Crippen molar-refractivity contribution in [3.8, 4) is 0 Å². The zero-order chi connectivity index (χ0) is 26.9. The zero-order valence-electron chi connectivity index (χ0n) is 19.7. The molecule has 3 amide bonds. The van der Waals surface area contributed by atoms with E-state index in [2.05, 4.69) is 26.2 Å². The molecule has 0 aliphatic carbocycles. The van der Waals surface area contributed by atoms with Crippen molar-refractivity contribution in [1.29, 1.82) is 0 Å². The highest BCUT2D eigenvalue weighted by molar-refractivity contribution is 9.10. The Labute approximate surface area is 218 Å². The lowest BCUT2D eigenvalue weighted by Crippen LogP contribution is -2.43. The number of rotatable bonds is 7. The van der Waals surface area contributed by atoms with Crippen LogP contribution in [0.15, 0.2) is 59.2 Å². The molecule has 4 rings (SSSR count). The minimum absolute atomic E-state index is 0.0736. The maximum atomic E-state index is 13.2. The first-order valence-corrected chi connectivity index (χ1v) is 12.0. The second-order valence-electron chi connectivity index (χ2n) is 8.60. The molecule has 0 saturated heterocycles. The van der Waals surface area contributed by atoms with E-state index < -0.39 is 35.6 Å². The van der Waals surface area contributed by atoms with Gasteiger partial charge in [0.05, 0.1) is 29.3 Å². The Morgan fingerprint density at radius 1 is 1.08 bits per heavy atom. The van der Waals surface area contributed by atoms with Crippen LogP contribution in [0.2, 0.25) is 0 Å². The average Bonchev–Trinajstić information content (AvgIpc) is 3.08. The molecule has 2 heterocycles. The molecule has 0 bridgehead atoms. The van der Waals surface area contributed by atoms with Crippen LogP contribution in [0.25, 0.3) is 0 Å². The van der Waals surface area contributed by atoms with Gasteiger partial charge in [-0.3, -0.25) is 24.2 Å². The van der Waals surface area contributed by atoms with E-state index in [9.17, 15) is 27.6 Å². The topological polar surface area (TPSA) is 88.6 Å². The summed E-state index contributed by atoms with van der Waals surface area (Å²) in [5, 5.41) is 3.31. The van der Waals surface area contributed by atoms with Gasteiger partial charge in [0.15, 0.2) is 0 Å². The van der Waals surface area contributed by atoms with E-state index in [0.717, 1.165) is 22.9 Å². The van der Waals surface area contributed by atoms with Crippen LogP contribution < -0.4 is 5.32 Å². The first kappa shape index (κ1) is 26.5. The Hall–Kier alpha value is -3.57. The molecule has 1 unspecified atom stereocenters. The lowest BCUT2D eigenvalue weighted by molar-refractivity contribution is -0.141. The van der Waals surface area contributed by atoms with Crippen LogP contribution in [0.3, 0.4) is 0 Å². The summed E-state index contributed by atoms with van der Waals surface area (Å²) in [6.07, 6.45) is -3.59. The van der Waals surface area contributed by atoms with Crippen LogP contribution in [-0.4, -0.2) is 40.4 Å². The summed E-state index contributed by atoms with van der Waals surface area (Å²) < 4.78 is 39.6. The van der Waals surface area contributed by atoms with Gasteiger partial charge in [0.2, 0.25) is 0 Å². The van der Waals surface area contributed by atoms with Crippen LogP contribution in [0.5, 0.6) is 0 Å². The van der Waals surface area contributed by atoms with Gasteiger partial charge < -0.3 is 5.32 Å². The van der Waals surface area contributed by atoms with E-state index >= 15 is 0 Å². The number of hydrogen-bond acceptors (Lipinski definition) is 5. The van der Waals surface area contributed by atoms with E-state index in [4.69, 9.17) is 4.84 Å². The van der Waals surface area contributed by atoms with Crippen LogP contribution in [-0.2, 0) is 17.4 Å². The monoisotopic (exact) mass is 575 g/mol. The van der Waals surface area contributed by atoms with Gasteiger partial charge in [-0.1, -0.05) is 35.9 Å². The molecule has 1 aliphatic rings. The number of alkyl halides is 3. The lowest BCUT2D eigenvalue weighted by atomic mass is 9.99. The number of hydrogen-bond donors (Lipinski definition) is 1. The summed E-state index contributed by atoms with van der Waals surface area (Å²) in [4.78, 5) is 47.3. The normalized spacial score (nSPS) is 14.1. The third kappa shape index (κ3) is 5.72. The Bertz CT molecular complexity index is 1360. The van der Waals surface area contributed by atoms with E-state index in [-0.39, 0.29) is 34.2 Å². The van der Waals surface area contributed by atoms with Gasteiger partial charge in [-0.2, -0.15) is 13.2 Å². The number of aromatic nitrogens is 1. The first-order chi connectivity index (χ1) is 17.5. The maximum absolute atomic E-state index is 13.2. The van der Waals surface area contributed by atoms with E-state index in [1.165, 1.54) is 12.1 Å². The van der Waals surface area contributed by atoms with Crippen molar-refractivity contribution < 1.29 is 32.4 Å². The van der Waals surface area contributed by atoms with Gasteiger partial charge in [-0.25, -0.2) is 0 Å². The van der Waals surface area contributed by atoms with Gasteiger partial charge in [0, 0.05) is 10.7 Å². The van der Waals surface area contributed by atoms with Crippen molar-refractivity contribution in [1.82, 2.24) is 15.4 Å². The molecule has 2 aromatic carbocycles. The second kappa shape index (κ2) is 10.4. The summed E-state index contributed by atoms with van der Waals surface area (Å²) in [5.41, 5.74) is 1.73. The number of pyridine rings is 1. The molecule has 1 atom stereocenters. The molecule has 1 aliphatic heterocycles. The van der Waals surface area contributed by atoms with Gasteiger partial charge >= 0.3 is 6.18 Å². The number of nitrogens with one attached hydrogen (secondary N) is 1. The zero-order valence-corrected chi connectivity index (χ0v) is 21.3. The van der Waals surface area contributed by atoms with Crippen LogP contribution >= 0.6 is 15.9 Å². The molecule has 0 radical (unpaired) electrons. The Morgan fingerprint density at radius 3 is 2.32 bits per heavy atom. The van der Waals surface area contributed by atoms with Crippen molar-refractivity contribution in [2.24, 2.45) is 0 Å². The fourth-order valence-electron chi connectivity index (χ4n) is 3.97. The predicted octanol–water partition coefficient (Wildman–Crippen LogP) is 5.05. The minimum Gasteiger partial charge on any atom is -0.347 e. The SMILES string of the molecule is Cc1ccc(CC(CON2C(=O)c3ccccc3C2=O)NC(=O)c2cc(C(F)(F)F)ncc2Br)c(C)c1. The highest BCUT2D eigenvalue weighted by Crippen LogP contribution is 2.30. The molecule has 0 spiro atoms. The first-order valence-electron chi connectivity index (χ1n) is 11.2. The smallest absolute Gasteiger partial charge is 0.347 e. The fraction of sp³-hybridized carbons (Fsp3) is 0.231. The maximum Gasteiger partial charge on any atom is 0.433 e. The third-order valence-electron chi connectivity index (χ3n) is 5.85. The minimum atomic E-state index is -4.73. The third-order valence-corrected chi connectivity index (χ3v) is 6.48. The summed E-state index contributed by atoms with van der Waals surface area (Å²) >= 11 is 3.08. The number of carbonyl (C=O) groups is 3. The number of benzene rings is 2. The molecule has 3 aromatic rings. The van der Waals surface area contributed by atoms with E-state index in [0.29, 0.717) is 11.1 Å². The second-order valence-corrected chi connectivity index (χ2v) is 9.45. The number of amides is 3. The number of aryl methyl sites for hydroxylation is 2. The highest BCUT2D eigenvalue weighted by atomic mass is 79.9. The summed E-state index contributed by atoms with van der Waals surface area (Å²) in [7, 11) is 0. The number of fused-ring (bicyclic) bond motifs is 1. The molecule has 7 nitrogen and oxygen atoms in total. The molecule has 1 N–H and O–H groups in total. The molecule has 37 heavy (non-hydrogen) atoms. The Morgan fingerprint density at radius 2 is 1.73 bits per heavy atom. The summed E-state index contributed by atoms with van der Waals surface area (Å²) in [6.45, 7) is 3.53. The highest BCUT2D eigenvalue weighted by Gasteiger charge is 2.37. The van der Waals surface area contributed by atoms with Gasteiger partial charge in [-0.15, -0.1) is 5.06 Å². The molecule has 0 fully saturated rings. The largest absolute Gasteiger partial charge is 0.433 e. The fourth-order valence-corrected chi connectivity index (χ4v) is 4.37. The van der Waals surface area contributed by atoms with Crippen molar-refractivity contribution >= 4 is 33.7 Å². The van der Waals surface area contributed by atoms with Crippen LogP contribution in [0.4, 0.5) is 13.2 Å². The number of nitrogens with zero attached hydrogens (tertiary/aromatic N) is 2. The van der Waals surface area contributed by atoms with E-state index in [1.807, 2.05) is 32.0 Å². The van der Waals surface area contributed by atoms with Crippen molar-refractivity contribution in [2.75, 3.05) is 6.61 Å². The van der Waals surface area contributed by atoms with Crippen LogP contribution in [0, 0.1) is 13.8 Å². The molecule has 11 heteroatoms. The summed E-state index contributed by atoms with van der Waals surface area (Å²) in [5.74, 6) is -2.08. The predicted molar refractivity (Wildman–Crippen MR) is 131 cm³/mol. The number of halogens is 4. The lowest BCUT2D eigenvalue weighted by Gasteiger charge is -2.23. The number of imide groups is 1. The molecule has 192 valence electrons. The number of hydroxylamine groups is 2. The van der Waals surface area contributed by atoms with Gasteiger partial charge in [0.1, 0.15) is 5.69 Å². The van der Waals surface area contributed by atoms with Crippen molar-refractivity contribution in [2.45, 2.75) is 32.5 Å². The quantitative estimate of drug-likeness (QED) is 0.398. The number of carbonyl (C=O) groups excluding carboxylic acids is 3. The van der Waals surface area contributed by atoms with Crippen molar-refractivity contribution in [3.63, 3.8) is 0 Å². The molecule has 1 aromatic heterocycles. The van der Waals surface area contributed by atoms with E-state index in [1.54, 1.807) is 12.1 Å². The van der Waals surface area contributed by atoms with Crippen LogP contribution in [0.1, 0.15) is 53.5 Å². The molecular formula is C26H21BrF3N3O4. The summed E-state index contributed by atoms with van der Waals surface area (Å²) in [6, 6.07) is 11.8. The molecular weight excluding hydrogens is 555 g/mol. The van der Waals surface area contributed by atoms with Gasteiger partial charge in [-0.05, 0) is 65.5 Å².